The lowest BCUT2D eigenvalue weighted by Gasteiger charge is -2.48. The van der Waals surface area contributed by atoms with Crippen molar-refractivity contribution in [1.29, 1.82) is 0 Å². The fourth-order valence-electron chi connectivity index (χ4n) is 23.9. The number of ether oxygens (including phenoxy) is 1. The van der Waals surface area contributed by atoms with E-state index >= 15 is 8.78 Å². The van der Waals surface area contributed by atoms with Gasteiger partial charge < -0.3 is 38.1 Å². The highest BCUT2D eigenvalue weighted by Crippen LogP contribution is 2.65. The number of benzene rings is 19. The van der Waals surface area contributed by atoms with E-state index in [1.807, 2.05) is 108 Å². The topological polar surface area (TPSA) is 120 Å². The molecular formula is C132H95F2N5O7Si. The van der Waals surface area contributed by atoms with Gasteiger partial charge in [-0.1, -0.05) is 273 Å². The van der Waals surface area contributed by atoms with Gasteiger partial charge in [-0.3, -0.25) is 19.2 Å². The fraction of sp³-hybridized carbons (Fsp3) is 0.0758. The Morgan fingerprint density at radius 2 is 0.578 bits per heavy atom. The maximum absolute atomic E-state index is 15.3. The number of anilines is 15. The van der Waals surface area contributed by atoms with Gasteiger partial charge in [0, 0.05) is 87.0 Å². The van der Waals surface area contributed by atoms with Crippen LogP contribution in [-0.4, -0.2) is 19.6 Å². The molecule has 0 unspecified atom stereocenters. The van der Waals surface area contributed by atoms with Gasteiger partial charge in [-0.05, 0) is 287 Å². The fourth-order valence-corrected chi connectivity index (χ4v) is 29.0. The molecule has 5 aliphatic heterocycles. The Kier molecular flexibility index (Phi) is 22.7. The van der Waals surface area contributed by atoms with Crippen molar-refractivity contribution in [1.82, 2.24) is 0 Å². The van der Waals surface area contributed by atoms with Crippen LogP contribution in [0.2, 0.25) is 0 Å². The number of fused-ring (bicyclic) bond motifs is 18. The van der Waals surface area contributed by atoms with Gasteiger partial charge in [-0.25, -0.2) is 8.78 Å². The third-order valence-corrected chi connectivity index (χ3v) is 34.8. The largest absolute Gasteiger partial charge is 0.461 e. The maximum atomic E-state index is 15.3. The van der Waals surface area contributed by atoms with Crippen molar-refractivity contribution in [2.45, 2.75) is 63.2 Å². The number of rotatable bonds is 9. The van der Waals surface area contributed by atoms with E-state index in [-0.39, 0.29) is 22.4 Å². The Hall–Kier alpha value is -18.2. The van der Waals surface area contributed by atoms with Crippen LogP contribution >= 0.6 is 0 Å². The molecule has 0 amide bonds. The molecule has 12 nitrogen and oxygen atoms in total. The van der Waals surface area contributed by atoms with Crippen LogP contribution in [0.1, 0.15) is 114 Å². The third kappa shape index (κ3) is 15.0. The molecule has 0 fully saturated rings. The summed E-state index contributed by atoms with van der Waals surface area (Å²) in [6, 6.07) is 158. The summed E-state index contributed by atoms with van der Waals surface area (Å²) in [5, 5.41) is 6.55. The number of halogens is 2. The molecule has 7 aliphatic rings. The molecule has 0 saturated carbocycles. The lowest BCUT2D eigenvalue weighted by molar-refractivity contribution is 0.0964. The quantitative estimate of drug-likeness (QED) is 0.128. The number of carbonyl (C=O) groups excluding carboxylic acids is 2. The average Bonchev–Trinajstić information content (AvgIpc) is 0.679. The van der Waals surface area contributed by atoms with Gasteiger partial charge in [0.25, 0.3) is 0 Å². The summed E-state index contributed by atoms with van der Waals surface area (Å²) >= 11 is 0. The summed E-state index contributed by atoms with van der Waals surface area (Å²) in [4.78, 5) is 62.0. The standard InChI is InChI=1S/C35H21F2NO3.C35H27NO.C34H27NOSi.C28H20N2O2/c1-20-16-31(39)24-19-23(12-15-32(24)40-20)38-29-13-10-21(36)17-27(29)35(28-18-22(37)11-14-30(28)38)25-6-2-4-8-33(25)41-34-9-5-3-7-26(34)35;37-34-21-11-12-25-24-28(22-23-29(25)34)36-32-19-9-7-17-30(32)35(26-13-3-1-4-14-26,27-15-5-2-6-16-27)31-18-8-10-20-33(31)36;36-32-19-11-12-25-24-26(22-23-29(25)32)35-30-17-7-9-20-33(30)37(27-13-3-1-4-14-27,28-15-5-2-6-16-28)34-21-10-8-18-31(34)35;1-19-17-27(31)22-18-21(15-16-28(22)32-19)30-25-13-7-5-11-23(25)29(20-9-3-2-4-10-20)24-12-6-8-14-26(24)30/h2-19H,1H3;1-10,13-20,22-24H,11-12,21H2;1-10,13-18,20-24H,11-12,19H2;2-18H,1H3. The molecule has 21 aromatic rings. The molecule has 28 rings (SSSR count). The number of carbonyl (C=O) groups is 2. The molecule has 0 radical (unpaired) electrons. The molecule has 15 heteroatoms. The first kappa shape index (κ1) is 90.1. The van der Waals surface area contributed by atoms with Crippen molar-refractivity contribution in [2.24, 2.45) is 0 Å². The number of hydrogen-bond acceptors (Lipinski definition) is 12. The molecule has 2 aromatic heterocycles. The highest BCUT2D eigenvalue weighted by Gasteiger charge is 2.54. The lowest BCUT2D eigenvalue weighted by atomic mass is 9.61. The Morgan fingerprint density at radius 1 is 0.259 bits per heavy atom. The maximum Gasteiger partial charge on any atom is 0.193 e. The second-order valence-electron chi connectivity index (χ2n) is 38.2. The minimum absolute atomic E-state index is 0.0323. The summed E-state index contributed by atoms with van der Waals surface area (Å²) < 4.78 is 48.5. The predicted molar refractivity (Wildman–Crippen MR) is 590 cm³/mol. The van der Waals surface area contributed by atoms with Crippen LogP contribution in [0.3, 0.4) is 0 Å². The molecule has 1 spiro atoms. The number of hydrogen-bond donors (Lipinski definition) is 0. The SMILES string of the molecule is Cc1cc(=O)c2cc(N3c4ccc(F)cc4C4(c5ccccc5Oc5ccccc54)c4cc(F)ccc43)ccc2o1.Cc1cc(=O)c2cc(N3c4ccccc4N(c4ccccc4)c4ccccc43)ccc2o1.O=C1CCCc2cc(N3c4ccccc4C(c4ccccc4)(c4ccccc4)c4ccccc43)ccc21.O=C1CCCc2cc(N3c4ccccc4[Si](c4ccccc4)(c4ccccc4)c4ccccc43)ccc21. The molecule has 0 saturated heterocycles. The average molecular weight is 1930 g/mol. The summed E-state index contributed by atoms with van der Waals surface area (Å²) in [6.45, 7) is 3.53. The molecule has 0 N–H and O–H groups in total. The van der Waals surface area contributed by atoms with Crippen LogP contribution in [-0.2, 0) is 23.7 Å². The Balaban J connectivity index is 0.000000102. The normalized spacial score (nSPS) is 14.5. The summed E-state index contributed by atoms with van der Waals surface area (Å²) in [7, 11) is -2.59. The second-order valence-corrected chi connectivity index (χ2v) is 42.0. The Bertz CT molecular complexity index is 8380. The van der Waals surface area contributed by atoms with Crippen molar-refractivity contribution < 1.29 is 31.9 Å². The summed E-state index contributed by atoms with van der Waals surface area (Å²) in [5.74, 6) is 2.06. The van der Waals surface area contributed by atoms with E-state index in [2.05, 4.69) is 323 Å². The lowest BCUT2D eigenvalue weighted by Crippen LogP contribution is -2.77. The van der Waals surface area contributed by atoms with Gasteiger partial charge in [0.2, 0.25) is 0 Å². The molecule has 19 aromatic carbocycles. The zero-order chi connectivity index (χ0) is 99.2. The number of aryl methyl sites for hydroxylation is 4. The van der Waals surface area contributed by atoms with Crippen molar-refractivity contribution in [3.8, 4) is 11.5 Å². The number of Topliss-reactive ketones (excluding diaryl/α,β-unsaturated/α-hetero) is 2. The van der Waals surface area contributed by atoms with Crippen molar-refractivity contribution in [2.75, 3.05) is 24.5 Å². The molecule has 2 aliphatic carbocycles. The van der Waals surface area contributed by atoms with Crippen molar-refractivity contribution in [3.63, 3.8) is 0 Å². The van der Waals surface area contributed by atoms with E-state index in [0.29, 0.717) is 86.0 Å². The van der Waals surface area contributed by atoms with Crippen LogP contribution in [0, 0.1) is 25.5 Å². The highest BCUT2D eigenvalue weighted by atomic mass is 28.3. The van der Waals surface area contributed by atoms with Gasteiger partial charge in [0.15, 0.2) is 30.5 Å². The number of nitrogens with zero attached hydrogens (tertiary/aromatic N) is 5. The number of ketones is 2. The van der Waals surface area contributed by atoms with Crippen LogP contribution in [0.5, 0.6) is 11.5 Å². The van der Waals surface area contributed by atoms with E-state index in [0.717, 1.165) is 110 Å². The van der Waals surface area contributed by atoms with Crippen LogP contribution in [0.25, 0.3) is 21.9 Å². The monoisotopic (exact) mass is 1930 g/mol. The number of para-hydroxylation sites is 11. The Morgan fingerprint density at radius 3 is 1.00 bits per heavy atom. The van der Waals surface area contributed by atoms with Crippen LogP contribution in [0.4, 0.5) is 94.1 Å². The van der Waals surface area contributed by atoms with Gasteiger partial charge in [-0.15, -0.1) is 0 Å². The first-order valence-electron chi connectivity index (χ1n) is 49.9. The van der Waals surface area contributed by atoms with Crippen LogP contribution < -0.4 is 60.8 Å². The molecule has 708 valence electrons. The summed E-state index contributed by atoms with van der Waals surface area (Å²) in [6.07, 6.45) is 5.07. The predicted octanol–water partition coefficient (Wildman–Crippen LogP) is 29.7. The molecular weight excluding hydrogens is 1830 g/mol. The van der Waals surface area contributed by atoms with E-state index in [4.69, 9.17) is 13.6 Å². The van der Waals surface area contributed by atoms with E-state index in [1.54, 1.807) is 44.2 Å². The molecule has 7 heterocycles. The molecule has 0 atom stereocenters. The van der Waals surface area contributed by atoms with E-state index < -0.39 is 30.5 Å². The van der Waals surface area contributed by atoms with E-state index in [9.17, 15) is 19.2 Å². The molecule has 0 bridgehead atoms. The van der Waals surface area contributed by atoms with Gasteiger partial charge in [0.05, 0.1) is 67.1 Å². The Labute approximate surface area is 850 Å². The third-order valence-electron chi connectivity index (χ3n) is 30.0. The smallest absolute Gasteiger partial charge is 0.193 e. The second kappa shape index (κ2) is 37.0. The van der Waals surface area contributed by atoms with Gasteiger partial charge in [-0.2, -0.15) is 0 Å². The van der Waals surface area contributed by atoms with Gasteiger partial charge in [0.1, 0.15) is 45.8 Å². The first-order valence-corrected chi connectivity index (χ1v) is 51.9. The van der Waals surface area contributed by atoms with Crippen LogP contribution in [0.15, 0.2) is 486 Å². The zero-order valence-electron chi connectivity index (χ0n) is 80.5. The first-order chi connectivity index (χ1) is 72.2. The van der Waals surface area contributed by atoms with Gasteiger partial charge >= 0.3 is 0 Å². The minimum Gasteiger partial charge on any atom is -0.461 e. The van der Waals surface area contributed by atoms with E-state index in [1.165, 1.54) is 90.3 Å². The summed E-state index contributed by atoms with van der Waals surface area (Å²) in [5.41, 5.74) is 26.6. The highest BCUT2D eigenvalue weighted by molar-refractivity contribution is 7.21. The van der Waals surface area contributed by atoms with Crippen molar-refractivity contribution >= 4 is 148 Å². The van der Waals surface area contributed by atoms with Crippen molar-refractivity contribution in [3.05, 3.63) is 577 Å². The zero-order valence-corrected chi connectivity index (χ0v) is 81.5. The molecule has 147 heavy (non-hydrogen) atoms. The minimum atomic E-state index is -2.59.